The van der Waals surface area contributed by atoms with Crippen LogP contribution in [0.5, 0.6) is 11.5 Å². The zero-order valence-electron chi connectivity index (χ0n) is 16.7. The lowest BCUT2D eigenvalue weighted by Gasteiger charge is -2.15. The van der Waals surface area contributed by atoms with E-state index in [9.17, 15) is 9.59 Å². The van der Waals surface area contributed by atoms with Gasteiger partial charge in [-0.25, -0.2) is 4.79 Å². The number of carbonyl (C=O) groups is 2. The molecule has 6 nitrogen and oxygen atoms in total. The number of ether oxygens (including phenoxy) is 3. The van der Waals surface area contributed by atoms with Crippen LogP contribution in [-0.2, 0) is 9.53 Å². The third-order valence-corrected chi connectivity index (χ3v) is 3.98. The van der Waals surface area contributed by atoms with E-state index in [0.29, 0.717) is 24.0 Å². The van der Waals surface area contributed by atoms with E-state index in [4.69, 9.17) is 14.2 Å². The highest BCUT2D eigenvalue weighted by molar-refractivity contribution is 5.92. The first-order chi connectivity index (χ1) is 13.4. The number of methoxy groups -OCH3 is 1. The van der Waals surface area contributed by atoms with E-state index in [1.54, 1.807) is 18.2 Å². The summed E-state index contributed by atoms with van der Waals surface area (Å²) in [6.07, 6.45) is 0. The molecule has 1 atom stereocenters. The van der Waals surface area contributed by atoms with Crippen LogP contribution >= 0.6 is 0 Å². The van der Waals surface area contributed by atoms with E-state index in [1.165, 1.54) is 7.11 Å². The van der Waals surface area contributed by atoms with Crippen molar-refractivity contribution in [3.8, 4) is 11.5 Å². The number of esters is 1. The molecule has 0 radical (unpaired) electrons. The van der Waals surface area contributed by atoms with Crippen LogP contribution in [-0.4, -0.2) is 32.2 Å². The van der Waals surface area contributed by atoms with Gasteiger partial charge in [-0.15, -0.1) is 0 Å². The third-order valence-electron chi connectivity index (χ3n) is 3.98. The van der Waals surface area contributed by atoms with E-state index >= 15 is 0 Å². The average Bonchev–Trinajstić information content (AvgIpc) is 2.70. The topological polar surface area (TPSA) is 73.9 Å². The Morgan fingerprint density at radius 3 is 2.36 bits per heavy atom. The highest BCUT2D eigenvalue weighted by atomic mass is 16.5. The molecule has 0 bridgehead atoms. The zero-order chi connectivity index (χ0) is 20.5. The molecule has 6 heteroatoms. The van der Waals surface area contributed by atoms with Crippen LogP contribution < -0.4 is 14.8 Å². The smallest absolute Gasteiger partial charge is 0.338 e. The molecule has 0 aliphatic rings. The molecule has 150 valence electrons. The van der Waals surface area contributed by atoms with Crippen LogP contribution in [0.3, 0.4) is 0 Å². The molecule has 2 rings (SSSR count). The maximum Gasteiger partial charge on any atom is 0.338 e. The number of amides is 1. The second-order valence-electron chi connectivity index (χ2n) is 6.85. The van der Waals surface area contributed by atoms with E-state index < -0.39 is 5.97 Å². The molecule has 0 saturated carbocycles. The maximum atomic E-state index is 12.3. The summed E-state index contributed by atoms with van der Waals surface area (Å²) in [7, 11) is 1.51. The molecule has 2 aromatic carbocycles. The fourth-order valence-corrected chi connectivity index (χ4v) is 2.49. The van der Waals surface area contributed by atoms with E-state index in [-0.39, 0.29) is 24.1 Å². The number of hydrogen-bond acceptors (Lipinski definition) is 5. The standard InChI is InChI=1S/C22H27NO5/c1-15(2)13-27-19-11-10-18(12-20(19)26-4)22(25)28-14-21(24)23-16(3)17-8-6-5-7-9-17/h5-12,15-16H,13-14H2,1-4H3,(H,23,24)/t16-/m1/s1. The molecule has 0 fully saturated rings. The molecule has 0 heterocycles. The van der Waals surface area contributed by atoms with E-state index in [2.05, 4.69) is 5.32 Å². The van der Waals surface area contributed by atoms with Gasteiger partial charge in [-0.3, -0.25) is 4.79 Å². The Kier molecular flexibility index (Phi) is 7.87. The molecule has 1 N–H and O–H groups in total. The maximum absolute atomic E-state index is 12.3. The molecule has 0 aromatic heterocycles. The van der Waals surface area contributed by atoms with Crippen molar-refractivity contribution in [1.82, 2.24) is 5.32 Å². The zero-order valence-corrected chi connectivity index (χ0v) is 16.7. The summed E-state index contributed by atoms with van der Waals surface area (Å²) in [6.45, 7) is 6.14. The summed E-state index contributed by atoms with van der Waals surface area (Å²) < 4.78 is 16.1. The van der Waals surface area contributed by atoms with E-state index in [1.807, 2.05) is 51.1 Å². The SMILES string of the molecule is COc1cc(C(=O)OCC(=O)N[C@H](C)c2ccccc2)ccc1OCC(C)C. The number of hydrogen-bond donors (Lipinski definition) is 1. The predicted octanol–water partition coefficient (Wildman–Crippen LogP) is 3.76. The van der Waals surface area contributed by atoms with Gasteiger partial charge in [-0.1, -0.05) is 44.2 Å². The molecule has 0 saturated heterocycles. The summed E-state index contributed by atoms with van der Waals surface area (Å²) in [4.78, 5) is 24.3. The lowest BCUT2D eigenvalue weighted by Crippen LogP contribution is -2.31. The van der Waals surface area contributed by atoms with E-state index in [0.717, 1.165) is 5.56 Å². The molecule has 2 aromatic rings. The van der Waals surface area contributed by atoms with Gasteiger partial charge in [0.15, 0.2) is 18.1 Å². The van der Waals surface area contributed by atoms with Gasteiger partial charge in [0.2, 0.25) is 0 Å². The molecular formula is C22H27NO5. The van der Waals surface area contributed by atoms with Gasteiger partial charge in [0.05, 0.1) is 25.3 Å². The molecule has 28 heavy (non-hydrogen) atoms. The summed E-state index contributed by atoms with van der Waals surface area (Å²) >= 11 is 0. The van der Waals surface area contributed by atoms with Crippen molar-refractivity contribution in [2.24, 2.45) is 5.92 Å². The quantitative estimate of drug-likeness (QED) is 0.665. The Morgan fingerprint density at radius 2 is 1.71 bits per heavy atom. The predicted molar refractivity (Wildman–Crippen MR) is 107 cm³/mol. The van der Waals surface area contributed by atoms with Crippen molar-refractivity contribution >= 4 is 11.9 Å². The van der Waals surface area contributed by atoms with Crippen molar-refractivity contribution < 1.29 is 23.8 Å². The Hall–Kier alpha value is -3.02. The van der Waals surface area contributed by atoms with Crippen molar-refractivity contribution in [1.29, 1.82) is 0 Å². The minimum atomic E-state index is -0.601. The monoisotopic (exact) mass is 385 g/mol. The first-order valence-electron chi connectivity index (χ1n) is 9.23. The summed E-state index contributed by atoms with van der Waals surface area (Å²) in [5.41, 5.74) is 1.27. The van der Waals surface area contributed by atoms with Gasteiger partial charge in [0.25, 0.3) is 5.91 Å². The molecule has 0 spiro atoms. The number of carbonyl (C=O) groups excluding carboxylic acids is 2. The van der Waals surface area contributed by atoms with Crippen LogP contribution in [0.4, 0.5) is 0 Å². The molecule has 0 aliphatic carbocycles. The van der Waals surface area contributed by atoms with Crippen LogP contribution in [0.1, 0.15) is 42.7 Å². The lowest BCUT2D eigenvalue weighted by molar-refractivity contribution is -0.124. The summed E-state index contributed by atoms with van der Waals surface area (Å²) in [5, 5.41) is 2.80. The fourth-order valence-electron chi connectivity index (χ4n) is 2.49. The van der Waals surface area contributed by atoms with Gasteiger partial charge in [0, 0.05) is 0 Å². The first kappa shape index (κ1) is 21.3. The Bertz CT molecular complexity index is 789. The van der Waals surface area contributed by atoms with Crippen molar-refractivity contribution in [3.63, 3.8) is 0 Å². The molecule has 1 amide bonds. The van der Waals surface area contributed by atoms with Gasteiger partial charge >= 0.3 is 5.97 Å². The highest BCUT2D eigenvalue weighted by Gasteiger charge is 2.15. The summed E-state index contributed by atoms with van der Waals surface area (Å²) in [5.74, 6) is 0.398. The molecule has 0 unspecified atom stereocenters. The minimum Gasteiger partial charge on any atom is -0.493 e. The van der Waals surface area contributed by atoms with Crippen LogP contribution in [0.2, 0.25) is 0 Å². The van der Waals surface area contributed by atoms with Gasteiger partial charge < -0.3 is 19.5 Å². The van der Waals surface area contributed by atoms with Crippen molar-refractivity contribution in [2.75, 3.05) is 20.3 Å². The largest absolute Gasteiger partial charge is 0.493 e. The number of benzene rings is 2. The highest BCUT2D eigenvalue weighted by Crippen LogP contribution is 2.28. The number of nitrogens with one attached hydrogen (secondary N) is 1. The summed E-state index contributed by atoms with van der Waals surface area (Å²) in [6, 6.07) is 14.2. The van der Waals surface area contributed by atoms with Gasteiger partial charge in [-0.05, 0) is 36.6 Å². The second kappa shape index (κ2) is 10.3. The van der Waals surface area contributed by atoms with Gasteiger partial charge in [-0.2, -0.15) is 0 Å². The van der Waals surface area contributed by atoms with Gasteiger partial charge in [0.1, 0.15) is 0 Å². The third kappa shape index (κ3) is 6.30. The average molecular weight is 385 g/mol. The second-order valence-corrected chi connectivity index (χ2v) is 6.85. The normalized spacial score (nSPS) is 11.6. The first-order valence-corrected chi connectivity index (χ1v) is 9.23. The van der Waals surface area contributed by atoms with Crippen LogP contribution in [0, 0.1) is 5.92 Å². The Balaban J connectivity index is 1.90. The molecular weight excluding hydrogens is 358 g/mol. The lowest BCUT2D eigenvalue weighted by atomic mass is 10.1. The van der Waals surface area contributed by atoms with Crippen molar-refractivity contribution in [3.05, 3.63) is 59.7 Å². The number of rotatable bonds is 9. The van der Waals surface area contributed by atoms with Crippen molar-refractivity contribution in [2.45, 2.75) is 26.8 Å². The van der Waals surface area contributed by atoms with Crippen LogP contribution in [0.15, 0.2) is 48.5 Å². The molecule has 0 aliphatic heterocycles. The Labute approximate surface area is 165 Å². The fraction of sp³-hybridized carbons (Fsp3) is 0.364. The Morgan fingerprint density at radius 1 is 1.00 bits per heavy atom. The minimum absolute atomic E-state index is 0.176. The van der Waals surface area contributed by atoms with Crippen LogP contribution in [0.25, 0.3) is 0 Å².